The Balaban J connectivity index is 2.55. The third-order valence-corrected chi connectivity index (χ3v) is 8.03. The van der Waals surface area contributed by atoms with Crippen LogP contribution < -0.4 is 21.3 Å². The van der Waals surface area contributed by atoms with E-state index in [0.717, 1.165) is 0 Å². The molecule has 1 fully saturated rings. The monoisotopic (exact) mass is 540 g/mol. The molecule has 0 aliphatic carbocycles. The van der Waals surface area contributed by atoms with Crippen LogP contribution >= 0.6 is 21.6 Å². The first-order valence-electron chi connectivity index (χ1n) is 12.0. The maximum Gasteiger partial charge on any atom is 0.329 e. The van der Waals surface area contributed by atoms with Gasteiger partial charge in [-0.1, -0.05) is 61.4 Å². The molecule has 2 rings (SSSR count). The lowest BCUT2D eigenvalue weighted by molar-refractivity contribution is -0.153. The Morgan fingerprint density at radius 2 is 1.64 bits per heavy atom. The first-order chi connectivity index (χ1) is 17.0. The standard InChI is InChI=1S/C24H36N4O6S2/c1-6-16-21(30)28-20(14(4)5)24(33)34-15-9-7-8-10-35-36-12-17(22(31)25-16)26-23(32)19(13(2)3)27-18(29)11-15/h6-7,9,13-15,17,19-20H,8,10-12H2,1-5H3,(H,25,31)(H,26,32)(H,27,29)(H,28,30)/b9-7+,16-6+/t15?,17-,19-,20+/m1/s1. The highest BCUT2D eigenvalue weighted by Crippen LogP contribution is 2.24. The first kappa shape index (κ1) is 29.8. The van der Waals surface area contributed by atoms with Crippen LogP contribution in [0.1, 0.15) is 47.5 Å². The summed E-state index contributed by atoms with van der Waals surface area (Å²) in [6.45, 7) is 8.66. The summed E-state index contributed by atoms with van der Waals surface area (Å²) < 4.78 is 5.65. The SMILES string of the molecule is C/C=C1/NC(=O)[C@H]2CSSCC/C=C/C(CC(=O)N[C@H](C(C)C)C(=O)N2)OC(=O)[C@H](C(C)C)NC1=O. The minimum atomic E-state index is -1.00. The quantitative estimate of drug-likeness (QED) is 0.178. The molecular weight excluding hydrogens is 504 g/mol. The molecule has 0 aromatic heterocycles. The molecule has 0 aromatic rings. The Morgan fingerprint density at radius 1 is 0.944 bits per heavy atom. The largest absolute Gasteiger partial charge is 0.456 e. The Bertz CT molecular complexity index is 905. The highest BCUT2D eigenvalue weighted by Gasteiger charge is 2.33. The number of hydrogen-bond donors (Lipinski definition) is 4. The lowest BCUT2D eigenvalue weighted by atomic mass is 10.0. The predicted molar refractivity (Wildman–Crippen MR) is 141 cm³/mol. The van der Waals surface area contributed by atoms with Crippen LogP contribution in [0.3, 0.4) is 0 Å². The molecule has 0 radical (unpaired) electrons. The fourth-order valence-electron chi connectivity index (χ4n) is 3.50. The zero-order valence-electron chi connectivity index (χ0n) is 21.3. The van der Waals surface area contributed by atoms with Crippen molar-refractivity contribution in [2.24, 2.45) is 11.8 Å². The summed E-state index contributed by atoms with van der Waals surface area (Å²) in [6, 6.07) is -2.86. The number of fused-ring (bicyclic) bond motifs is 7. The highest BCUT2D eigenvalue weighted by atomic mass is 33.1. The molecule has 2 aliphatic rings. The Morgan fingerprint density at radius 3 is 2.28 bits per heavy atom. The maximum atomic E-state index is 13.2. The summed E-state index contributed by atoms with van der Waals surface area (Å²) in [5.74, 6) is -2.54. The Kier molecular flexibility index (Phi) is 11.8. The van der Waals surface area contributed by atoms with E-state index >= 15 is 0 Å². The van der Waals surface area contributed by atoms with Gasteiger partial charge in [0.1, 0.15) is 29.9 Å². The molecule has 2 aliphatic heterocycles. The van der Waals surface area contributed by atoms with E-state index < -0.39 is 53.8 Å². The number of amides is 4. The highest BCUT2D eigenvalue weighted by molar-refractivity contribution is 8.76. The fraction of sp³-hybridized carbons (Fsp3) is 0.625. The molecule has 36 heavy (non-hydrogen) atoms. The number of hydrogen-bond acceptors (Lipinski definition) is 8. The van der Waals surface area contributed by atoms with Gasteiger partial charge < -0.3 is 26.0 Å². The van der Waals surface area contributed by atoms with Gasteiger partial charge in [0.2, 0.25) is 17.7 Å². The fourth-order valence-corrected chi connectivity index (χ4v) is 5.66. The summed E-state index contributed by atoms with van der Waals surface area (Å²) >= 11 is 0. The van der Waals surface area contributed by atoms with Crippen molar-refractivity contribution in [3.63, 3.8) is 0 Å². The van der Waals surface area contributed by atoms with E-state index in [4.69, 9.17) is 4.74 Å². The van der Waals surface area contributed by atoms with Crippen molar-refractivity contribution in [2.75, 3.05) is 11.5 Å². The van der Waals surface area contributed by atoms with Gasteiger partial charge in [0, 0.05) is 11.5 Å². The molecule has 200 valence electrons. The molecular formula is C24H36N4O6S2. The van der Waals surface area contributed by atoms with Crippen molar-refractivity contribution < 1.29 is 28.7 Å². The van der Waals surface area contributed by atoms with Gasteiger partial charge >= 0.3 is 5.97 Å². The molecule has 12 heteroatoms. The molecule has 4 atom stereocenters. The summed E-state index contributed by atoms with van der Waals surface area (Å²) in [5, 5.41) is 10.7. The number of nitrogens with one attached hydrogen (secondary N) is 4. The van der Waals surface area contributed by atoms with E-state index in [1.54, 1.807) is 40.7 Å². The summed E-state index contributed by atoms with van der Waals surface area (Å²) in [6.07, 6.45) is 4.51. The maximum absolute atomic E-state index is 13.2. The molecule has 2 heterocycles. The van der Waals surface area contributed by atoms with Gasteiger partial charge in [0.15, 0.2) is 0 Å². The van der Waals surface area contributed by atoms with Gasteiger partial charge in [-0.15, -0.1) is 0 Å². The van der Waals surface area contributed by atoms with E-state index in [1.165, 1.54) is 27.7 Å². The smallest absolute Gasteiger partial charge is 0.329 e. The van der Waals surface area contributed by atoms with Crippen molar-refractivity contribution in [2.45, 2.75) is 71.7 Å². The molecule has 1 unspecified atom stereocenters. The lowest BCUT2D eigenvalue weighted by Gasteiger charge is -2.27. The third kappa shape index (κ3) is 8.88. The van der Waals surface area contributed by atoms with Crippen molar-refractivity contribution in [3.8, 4) is 0 Å². The number of allylic oxidation sites excluding steroid dienone is 2. The van der Waals surface area contributed by atoms with Crippen molar-refractivity contribution in [3.05, 3.63) is 23.9 Å². The topological polar surface area (TPSA) is 143 Å². The summed E-state index contributed by atoms with van der Waals surface area (Å²) in [4.78, 5) is 65.2. The van der Waals surface area contributed by atoms with Gasteiger partial charge in [-0.3, -0.25) is 19.2 Å². The molecule has 10 nitrogen and oxygen atoms in total. The van der Waals surface area contributed by atoms with Crippen LogP contribution in [-0.2, 0) is 28.7 Å². The van der Waals surface area contributed by atoms with Gasteiger partial charge in [-0.25, -0.2) is 4.79 Å². The molecule has 1 saturated heterocycles. The summed E-state index contributed by atoms with van der Waals surface area (Å²) in [5.41, 5.74) is -0.0445. The van der Waals surface area contributed by atoms with Gasteiger partial charge in [-0.2, -0.15) is 0 Å². The number of carbonyl (C=O) groups excluding carboxylic acids is 5. The van der Waals surface area contributed by atoms with Gasteiger partial charge in [-0.05, 0) is 31.3 Å². The first-order valence-corrected chi connectivity index (χ1v) is 14.5. The Labute approximate surface area is 220 Å². The second-order valence-electron chi connectivity index (χ2n) is 9.24. The molecule has 4 amide bonds. The van der Waals surface area contributed by atoms with Crippen molar-refractivity contribution >= 4 is 51.2 Å². The molecule has 2 bridgehead atoms. The van der Waals surface area contributed by atoms with Gasteiger partial charge in [0.25, 0.3) is 5.91 Å². The summed E-state index contributed by atoms with van der Waals surface area (Å²) in [7, 11) is 2.95. The van der Waals surface area contributed by atoms with Crippen LogP contribution in [0.15, 0.2) is 23.9 Å². The van der Waals surface area contributed by atoms with E-state index in [9.17, 15) is 24.0 Å². The average molecular weight is 541 g/mol. The molecule has 0 saturated carbocycles. The molecule has 0 spiro atoms. The predicted octanol–water partition coefficient (Wildman–Crippen LogP) is 1.43. The third-order valence-electron chi connectivity index (χ3n) is 5.59. The van der Waals surface area contributed by atoms with E-state index in [0.29, 0.717) is 12.2 Å². The Hall–Kier alpha value is -2.47. The van der Waals surface area contributed by atoms with Crippen LogP contribution in [0.5, 0.6) is 0 Å². The van der Waals surface area contributed by atoms with E-state index in [-0.39, 0.29) is 29.7 Å². The molecule has 0 aromatic carbocycles. The zero-order valence-corrected chi connectivity index (χ0v) is 22.9. The van der Waals surface area contributed by atoms with Crippen LogP contribution in [0.2, 0.25) is 0 Å². The average Bonchev–Trinajstić information content (AvgIpc) is 2.81. The van der Waals surface area contributed by atoms with E-state index in [2.05, 4.69) is 21.3 Å². The second-order valence-corrected chi connectivity index (χ2v) is 11.9. The van der Waals surface area contributed by atoms with Crippen LogP contribution in [0.25, 0.3) is 0 Å². The minimum absolute atomic E-state index is 0.0445. The van der Waals surface area contributed by atoms with E-state index in [1.807, 2.05) is 6.08 Å². The number of ether oxygens (including phenoxy) is 1. The number of carbonyl (C=O) groups is 5. The van der Waals surface area contributed by atoms with Crippen LogP contribution in [0.4, 0.5) is 0 Å². The molecule has 4 N–H and O–H groups in total. The van der Waals surface area contributed by atoms with Crippen molar-refractivity contribution in [1.82, 2.24) is 21.3 Å². The zero-order chi connectivity index (χ0) is 26.8. The number of esters is 1. The second kappa shape index (κ2) is 14.3. The normalized spacial score (nSPS) is 29.6. The van der Waals surface area contributed by atoms with Crippen LogP contribution in [0, 0.1) is 11.8 Å². The number of rotatable bonds is 2. The van der Waals surface area contributed by atoms with Crippen molar-refractivity contribution in [1.29, 1.82) is 0 Å². The van der Waals surface area contributed by atoms with Crippen LogP contribution in [-0.4, -0.2) is 65.3 Å². The lowest BCUT2D eigenvalue weighted by Crippen LogP contribution is -2.57. The van der Waals surface area contributed by atoms with Gasteiger partial charge in [0.05, 0.1) is 6.42 Å². The minimum Gasteiger partial charge on any atom is -0.456 e.